The minimum Gasteiger partial charge on any atom is -0.466 e. The van der Waals surface area contributed by atoms with Gasteiger partial charge in [0, 0.05) is 6.20 Å². The monoisotopic (exact) mass is 376 g/mol. The third-order valence-corrected chi connectivity index (χ3v) is 4.80. The number of amides is 2. The Morgan fingerprint density at radius 2 is 1.96 bits per heavy atom. The number of ether oxygens (including phenoxy) is 1. The summed E-state index contributed by atoms with van der Waals surface area (Å²) in [6, 6.07) is 15.0. The van der Waals surface area contributed by atoms with Crippen molar-refractivity contribution >= 4 is 23.2 Å². The van der Waals surface area contributed by atoms with E-state index in [1.54, 1.807) is 41.3 Å². The molecule has 7 nitrogen and oxygen atoms in total. The molecule has 1 unspecified atom stereocenters. The highest BCUT2D eigenvalue weighted by molar-refractivity contribution is 6.18. The van der Waals surface area contributed by atoms with Crippen molar-refractivity contribution in [1.82, 2.24) is 9.78 Å². The second-order valence-corrected chi connectivity index (χ2v) is 6.89. The van der Waals surface area contributed by atoms with Crippen molar-refractivity contribution in [2.45, 2.75) is 26.0 Å². The van der Waals surface area contributed by atoms with E-state index < -0.39 is 17.4 Å². The third kappa shape index (κ3) is 3.22. The number of carbonyl (C=O) groups excluding carboxylic acids is 2. The van der Waals surface area contributed by atoms with Gasteiger partial charge in [-0.05, 0) is 37.1 Å². The van der Waals surface area contributed by atoms with Gasteiger partial charge in [0.15, 0.2) is 0 Å². The van der Waals surface area contributed by atoms with Crippen molar-refractivity contribution in [2.75, 3.05) is 10.6 Å². The number of hydrogen-bond donors (Lipinski definition) is 2. The van der Waals surface area contributed by atoms with Gasteiger partial charge in [0.05, 0.1) is 24.1 Å². The zero-order valence-corrected chi connectivity index (χ0v) is 15.6. The van der Waals surface area contributed by atoms with Gasteiger partial charge < -0.3 is 15.4 Å². The van der Waals surface area contributed by atoms with Crippen molar-refractivity contribution in [3.63, 3.8) is 0 Å². The Morgan fingerprint density at radius 3 is 2.79 bits per heavy atom. The lowest BCUT2D eigenvalue weighted by Crippen LogP contribution is -2.56. The highest BCUT2D eigenvalue weighted by Gasteiger charge is 2.47. The number of aryl methyl sites for hydroxylation is 1. The van der Waals surface area contributed by atoms with Gasteiger partial charge in [-0.15, -0.1) is 0 Å². The van der Waals surface area contributed by atoms with Crippen LogP contribution in [0, 0.1) is 6.92 Å². The van der Waals surface area contributed by atoms with Gasteiger partial charge in [0.1, 0.15) is 5.75 Å². The molecule has 3 aromatic rings. The van der Waals surface area contributed by atoms with E-state index in [0.29, 0.717) is 23.7 Å². The topological polar surface area (TPSA) is 85.3 Å². The zero-order chi connectivity index (χ0) is 19.7. The second kappa shape index (κ2) is 6.84. The van der Waals surface area contributed by atoms with Crippen molar-refractivity contribution in [2.24, 2.45) is 0 Å². The number of anilines is 2. The van der Waals surface area contributed by atoms with E-state index in [4.69, 9.17) is 4.74 Å². The van der Waals surface area contributed by atoms with Crippen LogP contribution in [0.3, 0.4) is 0 Å². The van der Waals surface area contributed by atoms with Crippen LogP contribution >= 0.6 is 0 Å². The lowest BCUT2D eigenvalue weighted by molar-refractivity contribution is -0.143. The Balaban J connectivity index is 1.49. The highest BCUT2D eigenvalue weighted by atomic mass is 16.5. The summed E-state index contributed by atoms with van der Waals surface area (Å²) in [7, 11) is 0. The first-order valence-electron chi connectivity index (χ1n) is 8.93. The van der Waals surface area contributed by atoms with E-state index in [0.717, 1.165) is 5.56 Å². The first-order valence-corrected chi connectivity index (χ1v) is 8.93. The molecule has 0 saturated heterocycles. The molecule has 2 N–H and O–H groups in total. The van der Waals surface area contributed by atoms with E-state index >= 15 is 0 Å². The third-order valence-electron chi connectivity index (χ3n) is 4.80. The number of fused-ring (bicyclic) bond motifs is 1. The van der Waals surface area contributed by atoms with Crippen LogP contribution in [0.4, 0.5) is 11.4 Å². The van der Waals surface area contributed by atoms with E-state index in [1.165, 1.54) is 12.5 Å². The Hall–Kier alpha value is -3.61. The number of carbonyl (C=O) groups is 2. The van der Waals surface area contributed by atoms with Gasteiger partial charge in [-0.25, -0.2) is 0 Å². The van der Waals surface area contributed by atoms with Gasteiger partial charge in [-0.1, -0.05) is 36.4 Å². The maximum Gasteiger partial charge on any atom is 0.278 e. The SMILES string of the molecule is Cc1ccccc1Cn1cc(NC(=O)C2(C)Oc3ccccc3NC2=O)cn1. The molecule has 0 saturated carbocycles. The van der Waals surface area contributed by atoms with Crippen LogP contribution in [-0.2, 0) is 16.1 Å². The first-order chi connectivity index (χ1) is 13.5. The molecule has 4 rings (SSSR count). The molecule has 0 bridgehead atoms. The highest BCUT2D eigenvalue weighted by Crippen LogP contribution is 2.33. The predicted octanol–water partition coefficient (Wildman–Crippen LogP) is 2.97. The van der Waals surface area contributed by atoms with Crippen LogP contribution < -0.4 is 15.4 Å². The van der Waals surface area contributed by atoms with Crippen molar-refractivity contribution in [3.05, 3.63) is 72.1 Å². The van der Waals surface area contributed by atoms with Crippen LogP contribution in [0.15, 0.2) is 60.9 Å². The summed E-state index contributed by atoms with van der Waals surface area (Å²) in [5.74, 6) is -0.624. The number of benzene rings is 2. The minimum atomic E-state index is -1.67. The fourth-order valence-electron chi connectivity index (χ4n) is 3.04. The van der Waals surface area contributed by atoms with Gasteiger partial charge in [-0.3, -0.25) is 14.3 Å². The molecule has 2 heterocycles. The zero-order valence-electron chi connectivity index (χ0n) is 15.6. The molecule has 28 heavy (non-hydrogen) atoms. The van der Waals surface area contributed by atoms with Gasteiger partial charge in [-0.2, -0.15) is 5.10 Å². The summed E-state index contributed by atoms with van der Waals surface area (Å²) in [6.07, 6.45) is 3.27. The average molecular weight is 376 g/mol. The molecule has 0 radical (unpaired) electrons. The Kier molecular flexibility index (Phi) is 4.35. The normalized spacial score (nSPS) is 18.0. The quantitative estimate of drug-likeness (QED) is 0.686. The van der Waals surface area contributed by atoms with Crippen LogP contribution in [0.25, 0.3) is 0 Å². The molecule has 0 aliphatic carbocycles. The van der Waals surface area contributed by atoms with Crippen LogP contribution in [0.5, 0.6) is 5.75 Å². The second-order valence-electron chi connectivity index (χ2n) is 6.89. The van der Waals surface area contributed by atoms with Crippen LogP contribution in [0.1, 0.15) is 18.1 Å². The predicted molar refractivity (Wildman–Crippen MR) is 105 cm³/mol. The average Bonchev–Trinajstić information content (AvgIpc) is 3.11. The Morgan fingerprint density at radius 1 is 1.21 bits per heavy atom. The number of para-hydroxylation sites is 2. The van der Waals surface area contributed by atoms with Gasteiger partial charge in [0.25, 0.3) is 17.4 Å². The summed E-state index contributed by atoms with van der Waals surface area (Å²) >= 11 is 0. The first kappa shape index (κ1) is 17.8. The van der Waals surface area contributed by atoms with E-state index in [9.17, 15) is 9.59 Å². The summed E-state index contributed by atoms with van der Waals surface area (Å²) in [5, 5.41) is 9.73. The molecule has 2 aromatic carbocycles. The fourth-order valence-corrected chi connectivity index (χ4v) is 3.04. The molecule has 7 heteroatoms. The number of nitrogens with one attached hydrogen (secondary N) is 2. The minimum absolute atomic E-state index is 0.454. The van der Waals surface area contributed by atoms with Gasteiger partial charge in [0.2, 0.25) is 0 Å². The van der Waals surface area contributed by atoms with Crippen LogP contribution in [-0.4, -0.2) is 27.2 Å². The smallest absolute Gasteiger partial charge is 0.278 e. The molecule has 1 aliphatic heterocycles. The molecule has 142 valence electrons. The molecule has 0 spiro atoms. The molecule has 1 aliphatic rings. The number of rotatable bonds is 4. The summed E-state index contributed by atoms with van der Waals surface area (Å²) in [6.45, 7) is 4.08. The molecule has 1 atom stereocenters. The van der Waals surface area contributed by atoms with Gasteiger partial charge >= 0.3 is 0 Å². The molecular weight excluding hydrogens is 356 g/mol. The van der Waals surface area contributed by atoms with Crippen molar-refractivity contribution in [3.8, 4) is 5.75 Å². The standard InChI is InChI=1S/C21H20N4O3/c1-14-7-3-4-8-15(14)12-25-13-16(11-22-25)23-19(26)21(2)20(27)24-17-9-5-6-10-18(17)28-21/h3-11,13H,12H2,1-2H3,(H,23,26)(H,24,27). The van der Waals surface area contributed by atoms with E-state index in [-0.39, 0.29) is 0 Å². The maximum atomic E-state index is 12.8. The number of nitrogens with zero attached hydrogens (tertiary/aromatic N) is 2. The van der Waals surface area contributed by atoms with Crippen molar-refractivity contribution < 1.29 is 14.3 Å². The summed E-state index contributed by atoms with van der Waals surface area (Å²) < 4.78 is 7.47. The lowest BCUT2D eigenvalue weighted by Gasteiger charge is -2.33. The number of hydrogen-bond acceptors (Lipinski definition) is 4. The van der Waals surface area contributed by atoms with E-state index in [2.05, 4.69) is 15.7 Å². The lowest BCUT2D eigenvalue weighted by atomic mass is 10.0. The molecular formula is C21H20N4O3. The summed E-state index contributed by atoms with van der Waals surface area (Å²) in [4.78, 5) is 25.3. The maximum absolute atomic E-state index is 12.8. The van der Waals surface area contributed by atoms with E-state index in [1.807, 2.05) is 31.2 Å². The molecule has 1 aromatic heterocycles. The van der Waals surface area contributed by atoms with Crippen LogP contribution in [0.2, 0.25) is 0 Å². The fraction of sp³-hybridized carbons (Fsp3) is 0.190. The Labute approximate surface area is 162 Å². The Bertz CT molecular complexity index is 1060. The summed E-state index contributed by atoms with van der Waals surface area (Å²) in [5.41, 5.74) is 1.68. The largest absolute Gasteiger partial charge is 0.466 e. The van der Waals surface area contributed by atoms with Crippen molar-refractivity contribution in [1.29, 1.82) is 0 Å². The number of aromatic nitrogens is 2. The molecule has 2 amide bonds. The molecule has 0 fully saturated rings.